The number of carboxylic acid groups (broad SMARTS) is 1. The molecule has 3 aromatic rings. The number of ether oxygens (including phenoxy) is 1. The summed E-state index contributed by atoms with van der Waals surface area (Å²) in [6, 6.07) is 17.2. The van der Waals surface area contributed by atoms with Crippen molar-refractivity contribution in [3.63, 3.8) is 0 Å². The van der Waals surface area contributed by atoms with Crippen molar-refractivity contribution in [3.8, 4) is 5.75 Å². The lowest BCUT2D eigenvalue weighted by Crippen LogP contribution is -2.57. The van der Waals surface area contributed by atoms with Crippen LogP contribution in [0.3, 0.4) is 0 Å². The van der Waals surface area contributed by atoms with Crippen molar-refractivity contribution in [1.82, 2.24) is 0 Å². The summed E-state index contributed by atoms with van der Waals surface area (Å²) in [5.41, 5.74) is -0.474. The van der Waals surface area contributed by atoms with Crippen LogP contribution in [-0.4, -0.2) is 33.8 Å². The van der Waals surface area contributed by atoms with E-state index in [-0.39, 0.29) is 11.4 Å². The number of benzene rings is 3. The van der Waals surface area contributed by atoms with Gasteiger partial charge in [0.25, 0.3) is 5.54 Å². The number of hydrogen-bond acceptors (Lipinski definition) is 7. The van der Waals surface area contributed by atoms with Crippen molar-refractivity contribution in [2.45, 2.75) is 18.4 Å². The van der Waals surface area contributed by atoms with Crippen molar-refractivity contribution in [1.29, 1.82) is 0 Å². The van der Waals surface area contributed by atoms with E-state index in [1.165, 1.54) is 12.1 Å². The van der Waals surface area contributed by atoms with Crippen LogP contribution in [0.4, 0.5) is 5.69 Å². The lowest BCUT2D eigenvalue weighted by molar-refractivity contribution is -0.578. The van der Waals surface area contributed by atoms with E-state index in [1.807, 2.05) is 0 Å². The minimum absolute atomic E-state index is 0.0660. The third-order valence-corrected chi connectivity index (χ3v) is 7.57. The molecule has 10 nitrogen and oxygen atoms in total. The molecule has 0 unspecified atom stereocenters. The number of imide groups is 1. The van der Waals surface area contributed by atoms with Crippen LogP contribution < -0.4 is 9.64 Å². The topological polar surface area (TPSA) is 144 Å². The van der Waals surface area contributed by atoms with E-state index >= 15 is 0 Å². The van der Waals surface area contributed by atoms with Gasteiger partial charge in [0.1, 0.15) is 17.2 Å². The summed E-state index contributed by atoms with van der Waals surface area (Å²) < 4.78 is 4.95. The Labute approximate surface area is 209 Å². The molecule has 0 aromatic heterocycles. The van der Waals surface area contributed by atoms with Gasteiger partial charge in [-0.25, -0.2) is 9.69 Å². The van der Waals surface area contributed by atoms with Crippen molar-refractivity contribution in [2.24, 2.45) is 11.8 Å². The fraction of sp³-hybridized carbons (Fsp3) is 0.185. The van der Waals surface area contributed by atoms with E-state index in [0.29, 0.717) is 22.3 Å². The van der Waals surface area contributed by atoms with Gasteiger partial charge >= 0.3 is 11.9 Å². The number of esters is 1. The molecular weight excluding hydrogens is 480 g/mol. The normalized spacial score (nSPS) is 24.8. The van der Waals surface area contributed by atoms with Crippen LogP contribution in [0.1, 0.15) is 45.5 Å². The number of amides is 2. The predicted molar refractivity (Wildman–Crippen MR) is 127 cm³/mol. The van der Waals surface area contributed by atoms with Gasteiger partial charge < -0.3 is 9.84 Å². The molecule has 0 radical (unpaired) electrons. The third kappa shape index (κ3) is 2.75. The monoisotopic (exact) mass is 498 g/mol. The van der Waals surface area contributed by atoms with E-state index < -0.39 is 57.5 Å². The zero-order valence-corrected chi connectivity index (χ0v) is 19.3. The van der Waals surface area contributed by atoms with Gasteiger partial charge in [0.2, 0.25) is 11.8 Å². The van der Waals surface area contributed by atoms with Crippen LogP contribution in [-0.2, 0) is 19.9 Å². The van der Waals surface area contributed by atoms with E-state index in [0.717, 1.165) is 17.9 Å². The molecule has 1 aliphatic heterocycles. The Morgan fingerprint density at radius 3 is 2.11 bits per heavy atom. The number of nitrogens with zero attached hydrogens (tertiary/aromatic N) is 2. The van der Waals surface area contributed by atoms with Crippen molar-refractivity contribution >= 4 is 29.4 Å². The smallest absolute Gasteiger partial charge is 0.339 e. The van der Waals surface area contributed by atoms with Gasteiger partial charge in [0.15, 0.2) is 0 Å². The number of carbonyl (C=O) groups is 4. The van der Waals surface area contributed by atoms with E-state index in [4.69, 9.17) is 4.74 Å². The summed E-state index contributed by atoms with van der Waals surface area (Å²) in [7, 11) is 0. The van der Waals surface area contributed by atoms with Crippen molar-refractivity contribution in [3.05, 3.63) is 105 Å². The molecule has 7 rings (SSSR count). The summed E-state index contributed by atoms with van der Waals surface area (Å²) in [6.07, 6.45) is 0. The Morgan fingerprint density at radius 1 is 0.973 bits per heavy atom. The van der Waals surface area contributed by atoms with Crippen LogP contribution in [0.15, 0.2) is 66.7 Å². The fourth-order valence-corrected chi connectivity index (χ4v) is 6.36. The second-order valence-corrected chi connectivity index (χ2v) is 9.27. The van der Waals surface area contributed by atoms with Gasteiger partial charge in [-0.15, -0.1) is 0 Å². The van der Waals surface area contributed by atoms with Crippen molar-refractivity contribution < 1.29 is 33.9 Å². The first-order chi connectivity index (χ1) is 17.7. The molecule has 3 aliphatic carbocycles. The molecule has 2 amide bonds. The molecule has 37 heavy (non-hydrogen) atoms. The molecule has 2 bridgehead atoms. The highest BCUT2D eigenvalue weighted by molar-refractivity contribution is 6.24. The first-order valence-electron chi connectivity index (χ1n) is 11.5. The van der Waals surface area contributed by atoms with Crippen LogP contribution in [0.2, 0.25) is 0 Å². The number of carboxylic acids is 1. The first kappa shape index (κ1) is 22.6. The highest BCUT2D eigenvalue weighted by Crippen LogP contribution is 2.64. The molecule has 0 saturated carbocycles. The predicted octanol–water partition coefficient (Wildman–Crippen LogP) is 3.10. The molecule has 1 N–H and O–H groups in total. The van der Waals surface area contributed by atoms with Crippen LogP contribution in [0.5, 0.6) is 5.75 Å². The molecular formula is C27H18N2O8. The number of carbonyl (C=O) groups excluding carboxylic acids is 3. The highest BCUT2D eigenvalue weighted by Gasteiger charge is 2.74. The highest BCUT2D eigenvalue weighted by atomic mass is 16.6. The first-order valence-corrected chi connectivity index (χ1v) is 11.5. The minimum Gasteiger partial charge on any atom is -0.478 e. The summed E-state index contributed by atoms with van der Waals surface area (Å²) in [4.78, 5) is 64.5. The zero-order chi connectivity index (χ0) is 26.2. The second-order valence-electron chi connectivity index (χ2n) is 9.27. The van der Waals surface area contributed by atoms with Crippen LogP contribution >= 0.6 is 0 Å². The molecule has 1 fully saturated rings. The Bertz CT molecular complexity index is 1530. The maximum Gasteiger partial charge on any atom is 0.339 e. The summed E-state index contributed by atoms with van der Waals surface area (Å²) in [5.74, 6) is -6.81. The van der Waals surface area contributed by atoms with E-state index in [9.17, 15) is 34.4 Å². The number of rotatable bonds is 4. The lowest BCUT2D eigenvalue weighted by Gasteiger charge is -2.48. The average Bonchev–Trinajstić information content (AvgIpc) is 3.14. The van der Waals surface area contributed by atoms with Gasteiger partial charge in [0, 0.05) is 28.9 Å². The number of nitro groups is 1. The Morgan fingerprint density at radius 2 is 1.57 bits per heavy atom. The molecule has 184 valence electrons. The summed E-state index contributed by atoms with van der Waals surface area (Å²) >= 11 is 0. The Hall–Kier alpha value is -4.86. The lowest BCUT2D eigenvalue weighted by atomic mass is 9.51. The third-order valence-electron chi connectivity index (χ3n) is 7.57. The average molecular weight is 498 g/mol. The van der Waals surface area contributed by atoms with Crippen LogP contribution in [0.25, 0.3) is 0 Å². The molecule has 10 heteroatoms. The Kier molecular flexibility index (Phi) is 4.62. The quantitative estimate of drug-likeness (QED) is 0.190. The number of aromatic carboxylic acids is 1. The van der Waals surface area contributed by atoms with E-state index in [1.54, 1.807) is 48.5 Å². The minimum atomic E-state index is -1.98. The van der Waals surface area contributed by atoms with Gasteiger partial charge in [-0.2, -0.15) is 0 Å². The molecule has 1 heterocycles. The van der Waals surface area contributed by atoms with Gasteiger partial charge in [0.05, 0.1) is 11.6 Å². The van der Waals surface area contributed by atoms with Gasteiger partial charge in [-0.05, 0) is 29.3 Å². The fourth-order valence-electron chi connectivity index (χ4n) is 6.36. The van der Waals surface area contributed by atoms with Gasteiger partial charge in [-0.3, -0.25) is 24.5 Å². The Balaban J connectivity index is 1.57. The summed E-state index contributed by atoms with van der Waals surface area (Å²) in [5, 5.41) is 22.6. The standard InChI is InChI=1S/C27H18N2O8/c1-13(30)37-20-11-10-14(12-17(20)26(33)34)28-24(31)22-21-15-6-2-4-8-18(15)27(29(35)36,23(22)25(28)32)19-9-5-3-7-16(19)21/h2-12,21-23H,1H3,(H,33,34)/t21?,22-,23+,27?/m0/s1. The number of hydrogen-bond donors (Lipinski definition) is 1. The molecule has 4 aliphatic rings. The van der Waals surface area contributed by atoms with Crippen molar-refractivity contribution in [2.75, 3.05) is 4.90 Å². The maximum absolute atomic E-state index is 14.0. The van der Waals surface area contributed by atoms with Gasteiger partial charge in [-0.1, -0.05) is 48.5 Å². The zero-order valence-electron chi connectivity index (χ0n) is 19.3. The molecule has 2 atom stereocenters. The summed E-state index contributed by atoms with van der Waals surface area (Å²) in [6.45, 7) is 1.11. The maximum atomic E-state index is 14.0. The second kappa shape index (κ2) is 7.57. The molecule has 3 aromatic carbocycles. The molecule has 1 saturated heterocycles. The largest absolute Gasteiger partial charge is 0.478 e. The SMILES string of the molecule is CC(=O)Oc1ccc(N2C(=O)[C@H]3C4c5ccccc5C([N+](=O)[O-])(c5ccccc54)[C@H]3C2=O)cc1C(=O)O. The molecule has 0 spiro atoms. The number of anilines is 1. The van der Waals surface area contributed by atoms with Crippen LogP contribution in [0, 0.1) is 22.0 Å². The van der Waals surface area contributed by atoms with E-state index in [2.05, 4.69) is 0 Å².